The van der Waals surface area contributed by atoms with E-state index < -0.39 is 24.1 Å². The van der Waals surface area contributed by atoms with Crippen molar-refractivity contribution in [3.05, 3.63) is 59.2 Å². The number of rotatable bonds is 5. The summed E-state index contributed by atoms with van der Waals surface area (Å²) in [7, 11) is 0. The number of hydrogen-bond acceptors (Lipinski definition) is 3. The number of nitrogens with one attached hydrogen (secondary N) is 1. The van der Waals surface area contributed by atoms with E-state index in [1.807, 2.05) is 0 Å². The molecule has 0 heterocycles. The quantitative estimate of drug-likeness (QED) is 0.893. The van der Waals surface area contributed by atoms with Gasteiger partial charge in [-0.3, -0.25) is 4.79 Å². The zero-order valence-electron chi connectivity index (χ0n) is 11.9. The average Bonchev–Trinajstić information content (AvgIpc) is 2.48. The van der Waals surface area contributed by atoms with Crippen LogP contribution in [-0.2, 0) is 11.4 Å². The van der Waals surface area contributed by atoms with Gasteiger partial charge in [0, 0.05) is 11.8 Å². The third-order valence-electron chi connectivity index (χ3n) is 3.01. The monoisotopic (exact) mass is 307 g/mol. The topological polar surface area (TPSA) is 58.6 Å². The highest BCUT2D eigenvalue weighted by atomic mass is 19.1. The highest BCUT2D eigenvalue weighted by molar-refractivity contribution is 5.92. The lowest BCUT2D eigenvalue weighted by Crippen LogP contribution is -2.21. The van der Waals surface area contributed by atoms with Crippen molar-refractivity contribution in [1.29, 1.82) is 0 Å². The first-order chi connectivity index (χ1) is 10.5. The summed E-state index contributed by atoms with van der Waals surface area (Å²) in [6.07, 6.45) is 0. The van der Waals surface area contributed by atoms with Gasteiger partial charge in [0.15, 0.2) is 18.2 Å². The summed E-state index contributed by atoms with van der Waals surface area (Å²) >= 11 is 0. The van der Waals surface area contributed by atoms with Gasteiger partial charge < -0.3 is 15.2 Å². The van der Waals surface area contributed by atoms with Crippen LogP contribution in [0.1, 0.15) is 11.1 Å². The van der Waals surface area contributed by atoms with Crippen LogP contribution in [0.2, 0.25) is 0 Å². The molecule has 2 N–H and O–H groups in total. The molecular weight excluding hydrogens is 292 g/mol. The number of amides is 1. The highest BCUT2D eigenvalue weighted by Gasteiger charge is 2.09. The molecule has 4 nitrogen and oxygen atoms in total. The fourth-order valence-electron chi connectivity index (χ4n) is 1.82. The van der Waals surface area contributed by atoms with Crippen LogP contribution in [0.3, 0.4) is 0 Å². The van der Waals surface area contributed by atoms with Gasteiger partial charge >= 0.3 is 0 Å². The summed E-state index contributed by atoms with van der Waals surface area (Å²) in [6.45, 7) is 1.25. The maximum absolute atomic E-state index is 13.4. The van der Waals surface area contributed by atoms with Gasteiger partial charge in [-0.05, 0) is 36.2 Å². The Balaban J connectivity index is 1.98. The van der Waals surface area contributed by atoms with Gasteiger partial charge in [-0.1, -0.05) is 12.1 Å². The number of aliphatic hydroxyl groups excluding tert-OH is 1. The van der Waals surface area contributed by atoms with Gasteiger partial charge in [0.05, 0.1) is 6.61 Å². The second kappa shape index (κ2) is 7.00. The molecule has 0 atom stereocenters. The smallest absolute Gasteiger partial charge is 0.262 e. The third kappa shape index (κ3) is 4.02. The van der Waals surface area contributed by atoms with Crippen molar-refractivity contribution in [3.8, 4) is 5.75 Å². The Labute approximate surface area is 126 Å². The number of halogens is 2. The molecule has 116 valence electrons. The SMILES string of the molecule is Cc1ccc(CO)cc1NC(=O)COc1ccc(F)cc1F. The maximum atomic E-state index is 13.4. The molecule has 0 spiro atoms. The first-order valence-corrected chi connectivity index (χ1v) is 6.57. The summed E-state index contributed by atoms with van der Waals surface area (Å²) in [5.41, 5.74) is 2.02. The fraction of sp³-hybridized carbons (Fsp3) is 0.188. The Morgan fingerprint density at radius 3 is 2.68 bits per heavy atom. The number of aliphatic hydroxyl groups is 1. The Morgan fingerprint density at radius 2 is 2.00 bits per heavy atom. The molecule has 22 heavy (non-hydrogen) atoms. The van der Waals surface area contributed by atoms with Crippen LogP contribution >= 0.6 is 0 Å². The van der Waals surface area contributed by atoms with Crippen molar-refractivity contribution in [3.63, 3.8) is 0 Å². The zero-order valence-corrected chi connectivity index (χ0v) is 11.9. The van der Waals surface area contributed by atoms with Crippen molar-refractivity contribution in [2.75, 3.05) is 11.9 Å². The number of carbonyl (C=O) groups excluding carboxylic acids is 1. The van der Waals surface area contributed by atoms with E-state index in [0.29, 0.717) is 17.3 Å². The lowest BCUT2D eigenvalue weighted by molar-refractivity contribution is -0.118. The lowest BCUT2D eigenvalue weighted by atomic mass is 10.1. The summed E-state index contributed by atoms with van der Waals surface area (Å²) in [6, 6.07) is 8.01. The largest absolute Gasteiger partial charge is 0.481 e. The molecule has 0 aliphatic rings. The minimum Gasteiger partial charge on any atom is -0.481 e. The van der Waals surface area contributed by atoms with Crippen molar-refractivity contribution < 1.29 is 23.4 Å². The van der Waals surface area contributed by atoms with E-state index >= 15 is 0 Å². The second-order valence-corrected chi connectivity index (χ2v) is 4.72. The van der Waals surface area contributed by atoms with Crippen LogP contribution in [0, 0.1) is 18.6 Å². The molecule has 2 aromatic rings. The van der Waals surface area contributed by atoms with Crippen LogP contribution < -0.4 is 10.1 Å². The van der Waals surface area contributed by atoms with Crippen LogP contribution in [0.4, 0.5) is 14.5 Å². The van der Waals surface area contributed by atoms with Crippen LogP contribution in [0.25, 0.3) is 0 Å². The van der Waals surface area contributed by atoms with E-state index in [1.54, 1.807) is 25.1 Å². The Morgan fingerprint density at radius 1 is 1.23 bits per heavy atom. The second-order valence-electron chi connectivity index (χ2n) is 4.72. The molecule has 2 rings (SSSR count). The van der Waals surface area contributed by atoms with Crippen LogP contribution in [0.15, 0.2) is 36.4 Å². The average molecular weight is 307 g/mol. The lowest BCUT2D eigenvalue weighted by Gasteiger charge is -2.11. The van der Waals surface area contributed by atoms with E-state index in [0.717, 1.165) is 17.7 Å². The van der Waals surface area contributed by atoms with Crippen LogP contribution in [0.5, 0.6) is 5.75 Å². The van der Waals surface area contributed by atoms with Gasteiger partial charge in [-0.2, -0.15) is 0 Å². The molecule has 0 unspecified atom stereocenters. The zero-order chi connectivity index (χ0) is 16.1. The molecule has 0 bridgehead atoms. The minimum absolute atomic E-state index is 0.138. The third-order valence-corrected chi connectivity index (χ3v) is 3.01. The molecule has 2 aromatic carbocycles. The highest BCUT2D eigenvalue weighted by Crippen LogP contribution is 2.19. The van der Waals surface area contributed by atoms with Crippen LogP contribution in [-0.4, -0.2) is 17.6 Å². The predicted molar refractivity (Wildman–Crippen MR) is 77.6 cm³/mol. The molecule has 0 aromatic heterocycles. The molecule has 0 fully saturated rings. The van der Waals surface area contributed by atoms with Gasteiger partial charge in [0.25, 0.3) is 5.91 Å². The number of hydrogen-bond donors (Lipinski definition) is 2. The summed E-state index contributed by atoms with van der Waals surface area (Å²) in [5, 5.41) is 11.7. The molecule has 0 saturated carbocycles. The number of anilines is 1. The van der Waals surface area contributed by atoms with E-state index in [2.05, 4.69) is 5.32 Å². The molecule has 0 aliphatic heterocycles. The van der Waals surface area contributed by atoms with Crippen molar-refractivity contribution in [1.82, 2.24) is 0 Å². The number of carbonyl (C=O) groups is 1. The molecule has 0 radical (unpaired) electrons. The van der Waals surface area contributed by atoms with Gasteiger partial charge in [-0.25, -0.2) is 8.78 Å². The van der Waals surface area contributed by atoms with Crippen molar-refractivity contribution in [2.24, 2.45) is 0 Å². The number of benzene rings is 2. The Kier molecular flexibility index (Phi) is 5.06. The number of aryl methyl sites for hydroxylation is 1. The summed E-state index contributed by atoms with van der Waals surface area (Å²) < 4.78 is 31.1. The molecule has 6 heteroatoms. The van der Waals surface area contributed by atoms with Gasteiger partial charge in [-0.15, -0.1) is 0 Å². The first kappa shape index (κ1) is 15.9. The van der Waals surface area contributed by atoms with E-state index in [-0.39, 0.29) is 12.4 Å². The molecule has 0 aliphatic carbocycles. The number of ether oxygens (including phenoxy) is 1. The van der Waals surface area contributed by atoms with Gasteiger partial charge in [0.1, 0.15) is 5.82 Å². The van der Waals surface area contributed by atoms with E-state index in [4.69, 9.17) is 9.84 Å². The van der Waals surface area contributed by atoms with Crippen molar-refractivity contribution >= 4 is 11.6 Å². The van der Waals surface area contributed by atoms with Gasteiger partial charge in [0.2, 0.25) is 0 Å². The Bertz CT molecular complexity index is 689. The maximum Gasteiger partial charge on any atom is 0.262 e. The molecule has 1 amide bonds. The summed E-state index contributed by atoms with van der Waals surface area (Å²) in [4.78, 5) is 11.8. The van der Waals surface area contributed by atoms with Crippen molar-refractivity contribution in [2.45, 2.75) is 13.5 Å². The fourth-order valence-corrected chi connectivity index (χ4v) is 1.82. The minimum atomic E-state index is -0.869. The predicted octanol–water partition coefficient (Wildman–Crippen LogP) is 2.78. The normalized spacial score (nSPS) is 10.4. The first-order valence-electron chi connectivity index (χ1n) is 6.57. The van der Waals surface area contributed by atoms with E-state index in [1.165, 1.54) is 0 Å². The standard InChI is InChI=1S/C16H15F2NO3/c1-10-2-3-11(8-20)6-14(10)19-16(21)9-22-15-5-4-12(17)7-13(15)18/h2-7,20H,8-9H2,1H3,(H,19,21). The molecule has 0 saturated heterocycles. The molecular formula is C16H15F2NO3. The summed E-state index contributed by atoms with van der Waals surface area (Å²) in [5.74, 6) is -2.27. The van der Waals surface area contributed by atoms with E-state index in [9.17, 15) is 13.6 Å². The Hall–Kier alpha value is -2.47.